The average Bonchev–Trinajstić information content (AvgIpc) is 3.72. The number of nitrogens with zero attached hydrogens (tertiary/aromatic N) is 5. The van der Waals surface area contributed by atoms with E-state index in [1.165, 1.54) is 21.1 Å². The van der Waals surface area contributed by atoms with Crippen LogP contribution < -0.4 is 0 Å². The fourth-order valence-corrected chi connectivity index (χ4v) is 9.56. The summed E-state index contributed by atoms with van der Waals surface area (Å²) in [6, 6.07) is 2.42. The lowest BCUT2D eigenvalue weighted by molar-refractivity contribution is -0.295. The normalized spacial score (nSPS) is 34.7. The summed E-state index contributed by atoms with van der Waals surface area (Å²) < 4.78 is 33.5. The number of ether oxygens (including phenoxy) is 5. The van der Waals surface area contributed by atoms with E-state index < -0.39 is 84.0 Å². The number of carbonyl (C=O) groups excluding carboxylic acids is 3. The summed E-state index contributed by atoms with van der Waals surface area (Å²) in [5, 5.41) is 23.0. The van der Waals surface area contributed by atoms with E-state index in [9.17, 15) is 24.6 Å². The number of hydrogen-bond donors (Lipinski definition) is 2. The number of methoxy groups -OCH3 is 2. The first kappa shape index (κ1) is 50.5. The number of unbranched alkanes of at least 4 members (excludes halogenated alkanes) is 1. The number of hydrogen-bond acceptors (Lipinski definition) is 14. The SMILES string of the molecule is C=C[C@@]1(OC)[C@@H](CC)OC(=O)[C@H](C)C(=O)[C@H](C)[C@@H](OC2O[C@H](C)C[C@H](N(C)C)[C@H]2O)[C@@](C)(OC)C[C@@H](C)C(=O)[C@H](C)[C@H]1N(CO)CCCCn1cnc(-c2ccc(Cl)nc2)c1. The molecule has 4 heterocycles. The molecule has 0 saturated carbocycles. The van der Waals surface area contributed by atoms with Gasteiger partial charge in [0, 0.05) is 69.1 Å². The largest absolute Gasteiger partial charge is 0.458 e. The molecule has 2 fully saturated rings. The van der Waals surface area contributed by atoms with Crippen LogP contribution >= 0.6 is 11.6 Å². The number of ketones is 2. The third kappa shape index (κ3) is 11.3. The number of aliphatic hydroxyl groups excluding tert-OH is 2. The lowest BCUT2D eigenvalue weighted by Crippen LogP contribution is -2.64. The van der Waals surface area contributed by atoms with Crippen LogP contribution in [0.3, 0.4) is 0 Å². The van der Waals surface area contributed by atoms with Crippen molar-refractivity contribution in [1.82, 2.24) is 24.3 Å². The lowest BCUT2D eigenvalue weighted by Gasteiger charge is -2.50. The Morgan fingerprint density at radius 1 is 1.05 bits per heavy atom. The molecule has 1 unspecified atom stereocenters. The van der Waals surface area contributed by atoms with Crippen LogP contribution in [0.25, 0.3) is 11.3 Å². The van der Waals surface area contributed by atoms with Crippen molar-refractivity contribution in [2.75, 3.05) is 41.6 Å². The first-order valence-corrected chi connectivity index (χ1v) is 21.9. The molecule has 2 saturated heterocycles. The topological polar surface area (TPSA) is 175 Å². The fourth-order valence-electron chi connectivity index (χ4n) is 9.45. The molecule has 15 nitrogen and oxygen atoms in total. The second kappa shape index (κ2) is 22.0. The maximum Gasteiger partial charge on any atom is 0.316 e. The molecule has 2 aliphatic rings. The highest BCUT2D eigenvalue weighted by molar-refractivity contribution is 6.29. The van der Waals surface area contributed by atoms with Crippen molar-refractivity contribution in [2.45, 2.75) is 141 Å². The maximum absolute atomic E-state index is 14.9. The molecule has 0 amide bonds. The van der Waals surface area contributed by atoms with Gasteiger partial charge in [-0.3, -0.25) is 19.3 Å². The Balaban J connectivity index is 1.70. The first-order valence-electron chi connectivity index (χ1n) is 21.5. The molecule has 2 N–H and O–H groups in total. The molecule has 2 aromatic heterocycles. The van der Waals surface area contributed by atoms with Crippen LogP contribution in [-0.2, 0) is 44.6 Å². The molecule has 2 aromatic rings. The van der Waals surface area contributed by atoms with E-state index in [-0.39, 0.29) is 30.8 Å². The van der Waals surface area contributed by atoms with Crippen molar-refractivity contribution < 1.29 is 48.3 Å². The van der Waals surface area contributed by atoms with Crippen molar-refractivity contribution in [1.29, 1.82) is 0 Å². The highest BCUT2D eigenvalue weighted by Crippen LogP contribution is 2.40. The predicted molar refractivity (Wildman–Crippen MR) is 231 cm³/mol. The molecule has 0 aromatic carbocycles. The van der Waals surface area contributed by atoms with Crippen LogP contribution in [0, 0.1) is 23.7 Å². The zero-order valence-electron chi connectivity index (χ0n) is 38.0. The fraction of sp³-hybridized carbons (Fsp3) is 0.711. The standard InChI is InChI=1S/C45H70ClN5O10/c1-13-35-45(14-2,58-12)40(51(26-52)20-16-15-19-50-24-33(48-25-50)32-17-18-36(46)47-23-32)29(5)37(53)27(3)22-44(8,57-11)41(30(6)38(54)31(7)42(56)60-35)61-43-39(55)34(49(9)10)21-28(4)59-43/h14,17-18,23-25,27-31,34-35,39-41,43,52,55H,2,13,15-16,19-22,26H2,1,3-12H3/t27-,28-,29+,30+,31-,34+,35-,39-,40-,41-,43?,44+,45-/m1/s1. The van der Waals surface area contributed by atoms with Crippen molar-refractivity contribution in [2.24, 2.45) is 23.7 Å². The van der Waals surface area contributed by atoms with Gasteiger partial charge in [0.25, 0.3) is 0 Å². The van der Waals surface area contributed by atoms with Gasteiger partial charge in [-0.2, -0.15) is 0 Å². The van der Waals surface area contributed by atoms with E-state index in [0.29, 0.717) is 37.5 Å². The van der Waals surface area contributed by atoms with Gasteiger partial charge in [-0.1, -0.05) is 45.4 Å². The number of carbonyl (C=O) groups is 3. The van der Waals surface area contributed by atoms with E-state index in [1.807, 2.05) is 56.6 Å². The highest BCUT2D eigenvalue weighted by atomic mass is 35.5. The van der Waals surface area contributed by atoms with Gasteiger partial charge in [0.15, 0.2) is 12.1 Å². The Bertz CT molecular complexity index is 1760. The molecule has 0 radical (unpaired) electrons. The van der Waals surface area contributed by atoms with E-state index in [1.54, 1.807) is 50.3 Å². The zero-order valence-corrected chi connectivity index (χ0v) is 38.7. The third-order valence-electron chi connectivity index (χ3n) is 13.0. The number of aromatic nitrogens is 3. The minimum Gasteiger partial charge on any atom is -0.458 e. The minimum atomic E-state index is -1.49. The smallest absolute Gasteiger partial charge is 0.316 e. The number of aryl methyl sites for hydroxylation is 1. The van der Waals surface area contributed by atoms with Gasteiger partial charge in [0.2, 0.25) is 0 Å². The molecule has 61 heavy (non-hydrogen) atoms. The van der Waals surface area contributed by atoms with Crippen LogP contribution in [0.15, 0.2) is 43.5 Å². The highest BCUT2D eigenvalue weighted by Gasteiger charge is 2.54. The molecule has 0 bridgehead atoms. The Morgan fingerprint density at radius 3 is 2.33 bits per heavy atom. The molecular weight excluding hydrogens is 806 g/mol. The molecule has 4 rings (SSSR count). The van der Waals surface area contributed by atoms with Gasteiger partial charge in [0.1, 0.15) is 34.7 Å². The van der Waals surface area contributed by atoms with Crippen LogP contribution in [0.4, 0.5) is 0 Å². The Morgan fingerprint density at radius 2 is 1.75 bits per heavy atom. The van der Waals surface area contributed by atoms with Gasteiger partial charge in [-0.25, -0.2) is 9.97 Å². The summed E-state index contributed by atoms with van der Waals surface area (Å²) in [4.78, 5) is 55.9. The monoisotopic (exact) mass is 875 g/mol. The molecular formula is C45H70ClN5O10. The van der Waals surface area contributed by atoms with Crippen molar-refractivity contribution >= 4 is 29.1 Å². The average molecular weight is 877 g/mol. The minimum absolute atomic E-state index is 0.110. The number of rotatable bonds is 15. The number of imidazole rings is 1. The van der Waals surface area contributed by atoms with Crippen molar-refractivity contribution in [3.8, 4) is 11.3 Å². The summed E-state index contributed by atoms with van der Waals surface area (Å²) >= 11 is 5.96. The Kier molecular flexibility index (Phi) is 18.2. The second-order valence-electron chi connectivity index (χ2n) is 17.4. The molecule has 2 aliphatic heterocycles. The van der Waals surface area contributed by atoms with Gasteiger partial charge < -0.3 is 43.4 Å². The number of Topliss-reactive ketones (excluding diaryl/α,β-unsaturated/α-hetero) is 2. The molecule has 16 heteroatoms. The van der Waals surface area contributed by atoms with Crippen molar-refractivity contribution in [3.05, 3.63) is 48.7 Å². The second-order valence-corrected chi connectivity index (χ2v) is 17.8. The van der Waals surface area contributed by atoms with Crippen molar-refractivity contribution in [3.63, 3.8) is 0 Å². The van der Waals surface area contributed by atoms with Gasteiger partial charge in [-0.05, 0) is 79.1 Å². The number of aliphatic hydroxyl groups is 2. The quantitative estimate of drug-likeness (QED) is 0.0597. The van der Waals surface area contributed by atoms with Crippen LogP contribution in [0.5, 0.6) is 0 Å². The number of cyclic esters (lactones) is 1. The van der Waals surface area contributed by atoms with E-state index in [2.05, 4.69) is 16.5 Å². The number of halogens is 1. The van der Waals surface area contributed by atoms with E-state index in [0.717, 1.165) is 11.3 Å². The Hall–Kier alpha value is -3.12. The third-order valence-corrected chi connectivity index (χ3v) is 13.3. The summed E-state index contributed by atoms with van der Waals surface area (Å²) in [5.41, 5.74) is -1.17. The van der Waals surface area contributed by atoms with Crippen LogP contribution in [-0.4, -0.2) is 148 Å². The van der Waals surface area contributed by atoms with Crippen LogP contribution in [0.1, 0.15) is 80.6 Å². The van der Waals surface area contributed by atoms with Crippen LogP contribution in [0.2, 0.25) is 5.15 Å². The molecule has 0 spiro atoms. The molecule has 0 aliphatic carbocycles. The number of pyridine rings is 1. The summed E-state index contributed by atoms with van der Waals surface area (Å²) in [6.07, 6.45) is 4.62. The van der Waals surface area contributed by atoms with Gasteiger partial charge >= 0.3 is 5.97 Å². The zero-order chi connectivity index (χ0) is 45.4. The predicted octanol–water partition coefficient (Wildman–Crippen LogP) is 5.19. The Labute approximate surface area is 367 Å². The molecule has 342 valence electrons. The molecule has 13 atom stereocenters. The van der Waals surface area contributed by atoms with E-state index >= 15 is 0 Å². The summed E-state index contributed by atoms with van der Waals surface area (Å²) in [5.74, 6) is -5.10. The number of esters is 1. The number of likely N-dealkylation sites (N-methyl/N-ethyl adjacent to an activating group) is 1. The summed E-state index contributed by atoms with van der Waals surface area (Å²) in [6.45, 7) is 17.0. The lowest BCUT2D eigenvalue weighted by atomic mass is 9.72. The first-order chi connectivity index (χ1) is 28.8. The van der Waals surface area contributed by atoms with E-state index in [4.69, 9.17) is 35.3 Å². The van der Waals surface area contributed by atoms with Gasteiger partial charge in [-0.15, -0.1) is 6.58 Å². The summed E-state index contributed by atoms with van der Waals surface area (Å²) in [7, 11) is 6.71. The van der Waals surface area contributed by atoms with Gasteiger partial charge in [0.05, 0.1) is 42.6 Å². The maximum atomic E-state index is 14.9.